The van der Waals surface area contributed by atoms with E-state index in [-0.39, 0.29) is 11.5 Å². The molecule has 0 radical (unpaired) electrons. The van der Waals surface area contributed by atoms with Gasteiger partial charge < -0.3 is 15.0 Å². The fraction of sp³-hybridized carbons (Fsp3) is 0.238. The van der Waals surface area contributed by atoms with E-state index in [1.165, 1.54) is 0 Å². The zero-order valence-electron chi connectivity index (χ0n) is 15.0. The fourth-order valence-electron chi connectivity index (χ4n) is 2.98. The number of methoxy groups -OCH3 is 1. The minimum atomic E-state index is -0.127. The molecule has 0 aliphatic carbocycles. The highest BCUT2D eigenvalue weighted by Crippen LogP contribution is 2.20. The van der Waals surface area contributed by atoms with E-state index in [0.29, 0.717) is 18.5 Å². The van der Waals surface area contributed by atoms with E-state index in [2.05, 4.69) is 10.3 Å². The number of hydrogen-bond acceptors (Lipinski definition) is 3. The number of H-pyrrole nitrogens is 1. The van der Waals surface area contributed by atoms with Gasteiger partial charge in [0.1, 0.15) is 5.75 Å². The maximum atomic E-state index is 12.2. The number of rotatable bonds is 6. The molecular formula is C21H22N2O3. The second-order valence-corrected chi connectivity index (χ2v) is 6.17. The van der Waals surface area contributed by atoms with Crippen LogP contribution in [0.5, 0.6) is 5.75 Å². The van der Waals surface area contributed by atoms with Crippen LogP contribution >= 0.6 is 0 Å². The van der Waals surface area contributed by atoms with Crippen molar-refractivity contribution in [1.29, 1.82) is 0 Å². The third kappa shape index (κ3) is 4.11. The molecule has 0 aliphatic heterocycles. The Morgan fingerprint density at radius 2 is 1.88 bits per heavy atom. The van der Waals surface area contributed by atoms with E-state index in [4.69, 9.17) is 4.74 Å². The Hall–Kier alpha value is -3.08. The van der Waals surface area contributed by atoms with E-state index in [0.717, 1.165) is 34.2 Å². The van der Waals surface area contributed by atoms with Crippen molar-refractivity contribution in [2.24, 2.45) is 0 Å². The number of pyridine rings is 1. The number of benzene rings is 2. The lowest BCUT2D eigenvalue weighted by Gasteiger charge is -2.09. The molecule has 0 unspecified atom stereocenters. The SMILES string of the molecule is CCc1cc(=O)[nH]c2cc(NC(=O)CCc3ccc(OC)cc3)ccc12. The van der Waals surface area contributed by atoms with Crippen molar-refractivity contribution in [3.8, 4) is 5.75 Å². The summed E-state index contributed by atoms with van der Waals surface area (Å²) in [6, 6.07) is 14.9. The molecule has 2 N–H and O–H groups in total. The van der Waals surface area contributed by atoms with Crippen LogP contribution in [0.2, 0.25) is 0 Å². The Morgan fingerprint density at radius 1 is 1.12 bits per heavy atom. The predicted molar refractivity (Wildman–Crippen MR) is 104 cm³/mol. The van der Waals surface area contributed by atoms with E-state index in [1.54, 1.807) is 19.2 Å². The summed E-state index contributed by atoms with van der Waals surface area (Å²) < 4.78 is 5.13. The Labute approximate surface area is 152 Å². The predicted octanol–water partition coefficient (Wildman–Crippen LogP) is 3.67. The van der Waals surface area contributed by atoms with Gasteiger partial charge in [-0.15, -0.1) is 0 Å². The van der Waals surface area contributed by atoms with Gasteiger partial charge in [0.15, 0.2) is 0 Å². The summed E-state index contributed by atoms with van der Waals surface area (Å²) in [5, 5.41) is 3.90. The Morgan fingerprint density at radius 3 is 2.58 bits per heavy atom. The summed E-state index contributed by atoms with van der Waals surface area (Å²) >= 11 is 0. The number of amides is 1. The number of ether oxygens (including phenoxy) is 1. The third-order valence-corrected chi connectivity index (χ3v) is 4.39. The number of anilines is 1. The summed E-state index contributed by atoms with van der Waals surface area (Å²) in [7, 11) is 1.63. The lowest BCUT2D eigenvalue weighted by molar-refractivity contribution is -0.116. The zero-order valence-corrected chi connectivity index (χ0v) is 15.0. The molecule has 2 aromatic carbocycles. The first kappa shape index (κ1) is 17.7. The highest BCUT2D eigenvalue weighted by molar-refractivity contribution is 5.94. The van der Waals surface area contributed by atoms with Gasteiger partial charge in [-0.25, -0.2) is 0 Å². The number of nitrogens with one attached hydrogen (secondary N) is 2. The van der Waals surface area contributed by atoms with Crippen molar-refractivity contribution in [3.63, 3.8) is 0 Å². The highest BCUT2D eigenvalue weighted by Gasteiger charge is 2.07. The van der Waals surface area contributed by atoms with Crippen LogP contribution in [0.4, 0.5) is 5.69 Å². The Balaban J connectivity index is 1.67. The van der Waals surface area contributed by atoms with Crippen LogP contribution in [-0.2, 0) is 17.6 Å². The molecule has 0 fully saturated rings. The van der Waals surface area contributed by atoms with Crippen LogP contribution in [0.3, 0.4) is 0 Å². The number of carbonyl (C=O) groups is 1. The van der Waals surface area contributed by atoms with Gasteiger partial charge >= 0.3 is 0 Å². The fourth-order valence-corrected chi connectivity index (χ4v) is 2.98. The average Bonchev–Trinajstić information content (AvgIpc) is 2.65. The van der Waals surface area contributed by atoms with Crippen molar-refractivity contribution in [2.75, 3.05) is 12.4 Å². The maximum Gasteiger partial charge on any atom is 0.248 e. The average molecular weight is 350 g/mol. The molecule has 26 heavy (non-hydrogen) atoms. The van der Waals surface area contributed by atoms with Gasteiger partial charge in [0, 0.05) is 23.6 Å². The molecule has 1 amide bonds. The van der Waals surface area contributed by atoms with Gasteiger partial charge in [-0.2, -0.15) is 0 Å². The minimum Gasteiger partial charge on any atom is -0.497 e. The standard InChI is InChI=1S/C21H22N2O3/c1-3-15-12-21(25)23-19-13-16(7-10-18(15)19)22-20(24)11-6-14-4-8-17(26-2)9-5-14/h4-5,7-10,12-13H,3,6,11H2,1-2H3,(H,22,24)(H,23,25). The van der Waals surface area contributed by atoms with Crippen molar-refractivity contribution < 1.29 is 9.53 Å². The van der Waals surface area contributed by atoms with Crippen LogP contribution in [0.25, 0.3) is 10.9 Å². The quantitative estimate of drug-likeness (QED) is 0.712. The molecule has 3 aromatic rings. The highest BCUT2D eigenvalue weighted by atomic mass is 16.5. The Bertz CT molecular complexity index is 975. The summed E-state index contributed by atoms with van der Waals surface area (Å²) in [4.78, 5) is 26.8. The lowest BCUT2D eigenvalue weighted by atomic mass is 10.1. The smallest absolute Gasteiger partial charge is 0.248 e. The Kier molecular flexibility index (Phi) is 5.37. The number of aryl methyl sites for hydroxylation is 2. The second kappa shape index (κ2) is 7.87. The van der Waals surface area contributed by atoms with Gasteiger partial charge in [-0.1, -0.05) is 25.1 Å². The topological polar surface area (TPSA) is 71.2 Å². The number of aromatic amines is 1. The van der Waals surface area contributed by atoms with Crippen LogP contribution < -0.4 is 15.6 Å². The number of aromatic nitrogens is 1. The summed E-state index contributed by atoms with van der Waals surface area (Å²) in [5.74, 6) is 0.740. The molecule has 3 rings (SSSR count). The molecule has 0 atom stereocenters. The number of carbonyl (C=O) groups excluding carboxylic acids is 1. The van der Waals surface area contributed by atoms with Crippen molar-refractivity contribution in [3.05, 3.63) is 70.0 Å². The van der Waals surface area contributed by atoms with Crippen LogP contribution in [0.1, 0.15) is 24.5 Å². The van der Waals surface area contributed by atoms with E-state index >= 15 is 0 Å². The van der Waals surface area contributed by atoms with E-state index in [1.807, 2.05) is 43.3 Å². The van der Waals surface area contributed by atoms with Gasteiger partial charge in [0.05, 0.1) is 12.6 Å². The van der Waals surface area contributed by atoms with E-state index in [9.17, 15) is 9.59 Å². The summed E-state index contributed by atoms with van der Waals surface area (Å²) in [6.45, 7) is 2.02. The third-order valence-electron chi connectivity index (χ3n) is 4.39. The normalized spacial score (nSPS) is 10.7. The number of hydrogen-bond donors (Lipinski definition) is 2. The first-order valence-electron chi connectivity index (χ1n) is 8.68. The molecule has 0 saturated carbocycles. The first-order valence-corrected chi connectivity index (χ1v) is 8.68. The van der Waals surface area contributed by atoms with E-state index < -0.39 is 0 Å². The maximum absolute atomic E-state index is 12.2. The lowest BCUT2D eigenvalue weighted by Crippen LogP contribution is -2.13. The largest absolute Gasteiger partial charge is 0.497 e. The molecular weight excluding hydrogens is 328 g/mol. The first-order chi connectivity index (χ1) is 12.6. The summed E-state index contributed by atoms with van der Waals surface area (Å²) in [6.07, 6.45) is 1.82. The molecule has 5 nitrogen and oxygen atoms in total. The minimum absolute atomic E-state index is 0.0610. The van der Waals surface area contributed by atoms with Crippen LogP contribution in [-0.4, -0.2) is 18.0 Å². The second-order valence-electron chi connectivity index (χ2n) is 6.17. The summed E-state index contributed by atoms with van der Waals surface area (Å²) in [5.41, 5.74) is 3.37. The molecule has 1 heterocycles. The van der Waals surface area contributed by atoms with Gasteiger partial charge in [-0.05, 0) is 48.2 Å². The molecule has 0 spiro atoms. The number of fused-ring (bicyclic) bond motifs is 1. The molecule has 0 saturated heterocycles. The molecule has 0 bridgehead atoms. The van der Waals surface area contributed by atoms with Crippen LogP contribution in [0, 0.1) is 0 Å². The van der Waals surface area contributed by atoms with Crippen molar-refractivity contribution in [1.82, 2.24) is 4.98 Å². The molecule has 1 aromatic heterocycles. The van der Waals surface area contributed by atoms with Crippen molar-refractivity contribution >= 4 is 22.5 Å². The van der Waals surface area contributed by atoms with Crippen LogP contribution in [0.15, 0.2) is 53.3 Å². The molecule has 0 aliphatic rings. The monoisotopic (exact) mass is 350 g/mol. The molecule has 5 heteroatoms. The molecule has 134 valence electrons. The van der Waals surface area contributed by atoms with Crippen molar-refractivity contribution in [2.45, 2.75) is 26.2 Å². The van der Waals surface area contributed by atoms with Gasteiger partial charge in [-0.3, -0.25) is 9.59 Å². The van der Waals surface area contributed by atoms with Gasteiger partial charge in [0.25, 0.3) is 0 Å². The zero-order chi connectivity index (χ0) is 18.5. The van der Waals surface area contributed by atoms with Gasteiger partial charge in [0.2, 0.25) is 11.5 Å².